The molecule has 1 amide bonds. The molecule has 1 saturated carbocycles. The van der Waals surface area contributed by atoms with E-state index in [2.05, 4.69) is 18.3 Å². The fourth-order valence-corrected chi connectivity index (χ4v) is 4.83. The average molecular weight is 306 g/mol. The molecule has 0 aliphatic heterocycles. The summed E-state index contributed by atoms with van der Waals surface area (Å²) in [4.78, 5) is 14.9. The normalized spacial score (nSPS) is 24.4. The smallest absolute Gasteiger partial charge is 0.261 e. The molecule has 3 N–H and O–H groups in total. The molecule has 0 unspecified atom stereocenters. The van der Waals surface area contributed by atoms with Gasteiger partial charge in [0.15, 0.2) is 0 Å². The maximum Gasteiger partial charge on any atom is 0.261 e. The summed E-state index contributed by atoms with van der Waals surface area (Å²) in [6.07, 6.45) is 9.18. The zero-order chi connectivity index (χ0) is 14.9. The lowest BCUT2D eigenvalue weighted by Crippen LogP contribution is -2.54. The topological polar surface area (TPSA) is 55.1 Å². The number of hydrogen-bond acceptors (Lipinski definition) is 3. The van der Waals surface area contributed by atoms with Crippen LogP contribution in [0.25, 0.3) is 0 Å². The first kappa shape index (κ1) is 15.0. The number of carbonyl (C=O) groups is 1. The van der Waals surface area contributed by atoms with Crippen LogP contribution in [-0.2, 0) is 12.8 Å². The Kier molecular flexibility index (Phi) is 4.36. The molecule has 3 rings (SSSR count). The van der Waals surface area contributed by atoms with E-state index in [1.807, 2.05) is 0 Å². The Morgan fingerprint density at radius 1 is 1.43 bits per heavy atom. The first-order chi connectivity index (χ1) is 10.1. The van der Waals surface area contributed by atoms with Crippen molar-refractivity contribution in [1.82, 2.24) is 5.32 Å². The van der Waals surface area contributed by atoms with Gasteiger partial charge in [0.2, 0.25) is 0 Å². The van der Waals surface area contributed by atoms with E-state index >= 15 is 0 Å². The van der Waals surface area contributed by atoms with Crippen LogP contribution < -0.4 is 11.1 Å². The highest BCUT2D eigenvalue weighted by Crippen LogP contribution is 2.33. The van der Waals surface area contributed by atoms with Gasteiger partial charge in [0, 0.05) is 11.4 Å². The highest BCUT2D eigenvalue weighted by molar-refractivity contribution is 7.14. The van der Waals surface area contributed by atoms with Gasteiger partial charge >= 0.3 is 0 Å². The molecule has 1 heterocycles. The van der Waals surface area contributed by atoms with Crippen molar-refractivity contribution in [2.75, 3.05) is 6.54 Å². The molecule has 1 fully saturated rings. The molecular weight excluding hydrogens is 280 g/mol. The van der Waals surface area contributed by atoms with Crippen LogP contribution in [0.1, 0.15) is 65.6 Å². The van der Waals surface area contributed by atoms with E-state index in [4.69, 9.17) is 5.73 Å². The number of fused-ring (bicyclic) bond motifs is 1. The standard InChI is InChI=1S/C17H26N2OS/c1-12-5-6-14-13(9-12)10-15(21-14)16(20)19-17(11-18)7-3-2-4-8-17/h10,12H,2-9,11,18H2,1H3,(H,19,20)/t12-/m0/s1. The van der Waals surface area contributed by atoms with Gasteiger partial charge in [0.25, 0.3) is 5.91 Å². The van der Waals surface area contributed by atoms with Crippen LogP contribution in [-0.4, -0.2) is 18.0 Å². The Bertz CT molecular complexity index is 517. The Morgan fingerprint density at radius 2 is 2.19 bits per heavy atom. The highest BCUT2D eigenvalue weighted by Gasteiger charge is 2.33. The van der Waals surface area contributed by atoms with Crippen molar-refractivity contribution in [2.45, 2.75) is 63.8 Å². The van der Waals surface area contributed by atoms with Crippen LogP contribution in [0.15, 0.2) is 6.07 Å². The van der Waals surface area contributed by atoms with Crippen molar-refractivity contribution in [3.63, 3.8) is 0 Å². The van der Waals surface area contributed by atoms with E-state index < -0.39 is 0 Å². The lowest BCUT2D eigenvalue weighted by Gasteiger charge is -2.37. The lowest BCUT2D eigenvalue weighted by atomic mass is 9.81. The maximum atomic E-state index is 12.6. The third kappa shape index (κ3) is 3.16. The van der Waals surface area contributed by atoms with Crippen LogP contribution >= 0.6 is 11.3 Å². The molecule has 0 radical (unpaired) electrons. The second-order valence-corrected chi connectivity index (χ2v) is 8.04. The minimum atomic E-state index is -0.160. The van der Waals surface area contributed by atoms with E-state index in [9.17, 15) is 4.79 Å². The van der Waals surface area contributed by atoms with Crippen molar-refractivity contribution in [1.29, 1.82) is 0 Å². The third-order valence-electron chi connectivity index (χ3n) is 5.13. The summed E-state index contributed by atoms with van der Waals surface area (Å²) < 4.78 is 0. The molecule has 21 heavy (non-hydrogen) atoms. The second kappa shape index (κ2) is 6.09. The zero-order valence-corrected chi connectivity index (χ0v) is 13.7. The van der Waals surface area contributed by atoms with Crippen LogP contribution in [0.3, 0.4) is 0 Å². The van der Waals surface area contributed by atoms with Gasteiger partial charge < -0.3 is 11.1 Å². The Labute approximate surface area is 131 Å². The Balaban J connectivity index is 1.73. The summed E-state index contributed by atoms with van der Waals surface area (Å²) in [6, 6.07) is 2.12. The number of thiophene rings is 1. The van der Waals surface area contributed by atoms with E-state index in [0.717, 1.165) is 36.5 Å². The van der Waals surface area contributed by atoms with Crippen LogP contribution in [0.2, 0.25) is 0 Å². The molecule has 116 valence electrons. The van der Waals surface area contributed by atoms with Gasteiger partial charge in [-0.1, -0.05) is 26.2 Å². The van der Waals surface area contributed by atoms with Gasteiger partial charge in [-0.3, -0.25) is 4.79 Å². The minimum Gasteiger partial charge on any atom is -0.345 e. The molecule has 0 aromatic carbocycles. The summed E-state index contributed by atoms with van der Waals surface area (Å²) in [7, 11) is 0. The maximum absolute atomic E-state index is 12.6. The Morgan fingerprint density at radius 3 is 2.90 bits per heavy atom. The van der Waals surface area contributed by atoms with Gasteiger partial charge in [0.05, 0.1) is 10.4 Å². The van der Waals surface area contributed by atoms with Crippen molar-refractivity contribution in [3.8, 4) is 0 Å². The number of nitrogens with two attached hydrogens (primary N) is 1. The first-order valence-corrected chi connectivity index (χ1v) is 9.08. The van der Waals surface area contributed by atoms with Crippen LogP contribution in [0.5, 0.6) is 0 Å². The fraction of sp³-hybridized carbons (Fsp3) is 0.706. The summed E-state index contributed by atoms with van der Waals surface area (Å²) in [5, 5.41) is 3.27. The predicted octanol–water partition coefficient (Wildman–Crippen LogP) is 3.26. The van der Waals surface area contributed by atoms with E-state index in [0.29, 0.717) is 6.54 Å². The summed E-state index contributed by atoms with van der Waals surface area (Å²) in [5.74, 6) is 0.839. The first-order valence-electron chi connectivity index (χ1n) is 8.26. The highest BCUT2D eigenvalue weighted by atomic mass is 32.1. The molecular formula is C17H26N2OS. The third-order valence-corrected chi connectivity index (χ3v) is 6.37. The molecule has 2 aliphatic rings. The van der Waals surface area contributed by atoms with Crippen molar-refractivity contribution in [2.24, 2.45) is 11.7 Å². The van der Waals surface area contributed by atoms with E-state index in [1.54, 1.807) is 11.3 Å². The molecule has 0 spiro atoms. The molecule has 4 heteroatoms. The van der Waals surface area contributed by atoms with Crippen molar-refractivity contribution in [3.05, 3.63) is 21.4 Å². The SMILES string of the molecule is C[C@H]1CCc2sc(C(=O)NC3(CN)CCCCC3)cc2C1. The van der Waals surface area contributed by atoms with E-state index in [1.165, 1.54) is 36.1 Å². The summed E-state index contributed by atoms with van der Waals surface area (Å²) >= 11 is 1.69. The molecule has 0 bridgehead atoms. The number of nitrogens with one attached hydrogen (secondary N) is 1. The molecule has 0 saturated heterocycles. The summed E-state index contributed by atoms with van der Waals surface area (Å²) in [6.45, 7) is 2.85. The lowest BCUT2D eigenvalue weighted by molar-refractivity contribution is 0.0879. The van der Waals surface area contributed by atoms with Gasteiger partial charge in [-0.25, -0.2) is 0 Å². The monoisotopic (exact) mass is 306 g/mol. The van der Waals surface area contributed by atoms with Crippen molar-refractivity contribution >= 4 is 17.2 Å². The number of aryl methyl sites for hydroxylation is 1. The number of amides is 1. The number of carbonyl (C=O) groups excluding carboxylic acids is 1. The fourth-order valence-electron chi connectivity index (χ4n) is 3.73. The number of hydrogen-bond donors (Lipinski definition) is 2. The number of rotatable bonds is 3. The molecule has 2 aliphatic carbocycles. The molecule has 1 atom stereocenters. The largest absolute Gasteiger partial charge is 0.345 e. The summed E-state index contributed by atoms with van der Waals surface area (Å²) in [5.41, 5.74) is 7.21. The average Bonchev–Trinajstić information content (AvgIpc) is 2.91. The Hall–Kier alpha value is -0.870. The van der Waals surface area contributed by atoms with Crippen LogP contribution in [0, 0.1) is 5.92 Å². The molecule has 1 aromatic heterocycles. The van der Waals surface area contributed by atoms with Crippen LogP contribution in [0.4, 0.5) is 0 Å². The minimum absolute atomic E-state index is 0.0920. The van der Waals surface area contributed by atoms with Gasteiger partial charge in [-0.05, 0) is 49.7 Å². The second-order valence-electron chi connectivity index (χ2n) is 6.91. The van der Waals surface area contributed by atoms with E-state index in [-0.39, 0.29) is 11.4 Å². The van der Waals surface area contributed by atoms with Gasteiger partial charge in [-0.2, -0.15) is 0 Å². The van der Waals surface area contributed by atoms with Gasteiger partial charge in [-0.15, -0.1) is 11.3 Å². The van der Waals surface area contributed by atoms with Gasteiger partial charge in [0.1, 0.15) is 0 Å². The zero-order valence-electron chi connectivity index (χ0n) is 12.9. The molecule has 1 aromatic rings. The quantitative estimate of drug-likeness (QED) is 0.900. The van der Waals surface area contributed by atoms with Crippen molar-refractivity contribution < 1.29 is 4.79 Å². The molecule has 3 nitrogen and oxygen atoms in total. The predicted molar refractivity (Wildman–Crippen MR) is 87.8 cm³/mol.